The maximum atomic E-state index is 12.8. The first kappa shape index (κ1) is 28.9. The number of methoxy groups -OCH3 is 1. The Morgan fingerprint density at radius 2 is 1.77 bits per heavy atom. The summed E-state index contributed by atoms with van der Waals surface area (Å²) in [6, 6.07) is 9.37. The zero-order valence-electron chi connectivity index (χ0n) is 25.2. The molecule has 0 saturated heterocycles. The van der Waals surface area contributed by atoms with Crippen molar-refractivity contribution in [2.75, 3.05) is 7.11 Å². The van der Waals surface area contributed by atoms with Crippen molar-refractivity contribution in [3.8, 4) is 0 Å². The minimum atomic E-state index is -0.341. The van der Waals surface area contributed by atoms with Crippen LogP contribution in [0.3, 0.4) is 0 Å². The monoisotopic (exact) mass is 536 g/mol. The molecule has 4 unspecified atom stereocenters. The number of ether oxygens (including phenoxy) is 2. The Morgan fingerprint density at radius 1 is 1.03 bits per heavy atom. The van der Waals surface area contributed by atoms with Crippen LogP contribution in [0, 0.1) is 40.4 Å². The van der Waals surface area contributed by atoms with Gasteiger partial charge in [-0.25, -0.2) is 4.79 Å². The van der Waals surface area contributed by atoms with Gasteiger partial charge in [0.05, 0.1) is 17.8 Å². The van der Waals surface area contributed by atoms with E-state index in [1.807, 2.05) is 37.4 Å². The van der Waals surface area contributed by atoms with Crippen LogP contribution in [0.4, 0.5) is 0 Å². The number of hydrogen-bond acceptors (Lipinski definition) is 4. The average Bonchev–Trinajstić information content (AvgIpc) is 3.19. The summed E-state index contributed by atoms with van der Waals surface area (Å²) in [4.78, 5) is 12.8. The maximum absolute atomic E-state index is 12.8. The van der Waals surface area contributed by atoms with Crippen LogP contribution >= 0.6 is 0 Å². The molecule has 0 amide bonds. The van der Waals surface area contributed by atoms with Crippen molar-refractivity contribution in [1.29, 1.82) is 0 Å². The van der Waals surface area contributed by atoms with E-state index >= 15 is 0 Å². The Kier molecular flexibility index (Phi) is 8.38. The van der Waals surface area contributed by atoms with E-state index in [-0.39, 0.29) is 35.1 Å². The number of benzene rings is 1. The van der Waals surface area contributed by atoms with Crippen LogP contribution in [0.2, 0.25) is 0 Å². The van der Waals surface area contributed by atoms with E-state index < -0.39 is 0 Å². The van der Waals surface area contributed by atoms with E-state index in [2.05, 4.69) is 34.6 Å². The van der Waals surface area contributed by atoms with E-state index in [1.165, 1.54) is 36.8 Å². The van der Waals surface area contributed by atoms with Gasteiger partial charge in [-0.2, -0.15) is 0 Å². The Hall–Kier alpha value is -1.65. The Balaban J connectivity index is 1.37. The fraction of sp³-hybridized carbons (Fsp3) is 0.743. The van der Waals surface area contributed by atoms with Crippen molar-refractivity contribution in [1.82, 2.24) is 0 Å². The molecule has 9 atom stereocenters. The Bertz CT molecular complexity index is 1050. The second-order valence-electron chi connectivity index (χ2n) is 14.4. The number of aliphatic hydroxyl groups is 1. The normalized spacial score (nSPS) is 38.7. The summed E-state index contributed by atoms with van der Waals surface area (Å²) >= 11 is 0. The molecule has 0 aliphatic heterocycles. The van der Waals surface area contributed by atoms with Gasteiger partial charge in [-0.3, -0.25) is 0 Å². The van der Waals surface area contributed by atoms with Crippen molar-refractivity contribution in [2.24, 2.45) is 40.4 Å². The lowest BCUT2D eigenvalue weighted by molar-refractivity contribution is -0.0798. The first-order valence-corrected chi connectivity index (χ1v) is 15.8. The number of hydrogen-bond donors (Lipinski definition) is 1. The summed E-state index contributed by atoms with van der Waals surface area (Å²) in [5.74, 6) is 2.61. The first-order valence-electron chi connectivity index (χ1n) is 15.8. The third-order valence-electron chi connectivity index (χ3n) is 11.7. The number of aliphatic hydroxyl groups excluding tert-OH is 1. The van der Waals surface area contributed by atoms with Crippen molar-refractivity contribution in [3.63, 3.8) is 0 Å². The van der Waals surface area contributed by atoms with Gasteiger partial charge in [-0.05, 0) is 109 Å². The number of carbonyl (C=O) groups is 1. The molecule has 0 radical (unpaired) electrons. The SMILES string of the molecule is COC1CC2CC(OC(=O)c3ccccc3)CC[C@]2(C)[C@H]2CC[C@@]3(C)C(=C12)C(O)C[C@@H]3[C@H](C)CCCC(C)C. The lowest BCUT2D eigenvalue weighted by Crippen LogP contribution is -2.53. The number of rotatable bonds is 8. The molecule has 4 nitrogen and oxygen atoms in total. The van der Waals surface area contributed by atoms with Gasteiger partial charge in [0.25, 0.3) is 0 Å². The quantitative estimate of drug-likeness (QED) is 0.270. The van der Waals surface area contributed by atoms with Crippen LogP contribution in [0.1, 0.15) is 109 Å². The molecule has 0 spiro atoms. The molecule has 3 fully saturated rings. The van der Waals surface area contributed by atoms with Gasteiger partial charge in [-0.1, -0.05) is 72.1 Å². The summed E-state index contributed by atoms with van der Waals surface area (Å²) in [6.07, 6.45) is 10.6. The number of esters is 1. The second-order valence-corrected chi connectivity index (χ2v) is 14.4. The van der Waals surface area contributed by atoms with Crippen LogP contribution in [-0.2, 0) is 9.47 Å². The zero-order chi connectivity index (χ0) is 27.9. The molecule has 4 heteroatoms. The second kappa shape index (κ2) is 11.3. The van der Waals surface area contributed by atoms with E-state index in [9.17, 15) is 9.90 Å². The predicted molar refractivity (Wildman–Crippen MR) is 156 cm³/mol. The Morgan fingerprint density at radius 3 is 2.46 bits per heavy atom. The fourth-order valence-electron chi connectivity index (χ4n) is 9.53. The average molecular weight is 537 g/mol. The molecule has 0 bridgehead atoms. The van der Waals surface area contributed by atoms with E-state index in [0.29, 0.717) is 29.2 Å². The molecule has 1 N–H and O–H groups in total. The number of fused-ring (bicyclic) bond motifs is 4. The van der Waals surface area contributed by atoms with Crippen LogP contribution in [0.5, 0.6) is 0 Å². The minimum Gasteiger partial charge on any atom is -0.459 e. The fourth-order valence-corrected chi connectivity index (χ4v) is 9.53. The lowest BCUT2D eigenvalue weighted by atomic mass is 9.48. The molecule has 0 aromatic heterocycles. The zero-order valence-corrected chi connectivity index (χ0v) is 25.2. The third kappa shape index (κ3) is 5.25. The predicted octanol–water partition coefficient (Wildman–Crippen LogP) is 7.99. The van der Waals surface area contributed by atoms with Gasteiger partial charge in [0, 0.05) is 7.11 Å². The standard InChI is InChI=1S/C35H52O4/c1-22(2)11-10-12-23(3)28-21-29(36)32-31-27(16-18-35(28,32)5)34(4)17-15-26(19-25(34)20-30(31)38-6)39-33(37)24-13-8-7-9-14-24/h7-9,13-14,22-23,25-30,36H,10-12,15-21H2,1-6H3/t23-,25?,26?,27+,28-,29?,30?,34+,35-/m1/s1. The number of carbonyl (C=O) groups excluding carboxylic acids is 1. The molecule has 4 aliphatic carbocycles. The van der Waals surface area contributed by atoms with E-state index in [1.54, 1.807) is 0 Å². The van der Waals surface area contributed by atoms with Gasteiger partial charge in [-0.15, -0.1) is 0 Å². The summed E-state index contributed by atoms with van der Waals surface area (Å²) in [5.41, 5.74) is 3.67. The van der Waals surface area contributed by atoms with Gasteiger partial charge >= 0.3 is 5.97 Å². The topological polar surface area (TPSA) is 55.8 Å². The molecular formula is C35H52O4. The smallest absolute Gasteiger partial charge is 0.338 e. The molecule has 5 rings (SSSR count). The summed E-state index contributed by atoms with van der Waals surface area (Å²) in [5, 5.41) is 11.6. The van der Waals surface area contributed by atoms with Gasteiger partial charge in [0.15, 0.2) is 0 Å². The van der Waals surface area contributed by atoms with Crippen molar-refractivity contribution < 1.29 is 19.4 Å². The van der Waals surface area contributed by atoms with Crippen molar-refractivity contribution in [2.45, 2.75) is 117 Å². The largest absolute Gasteiger partial charge is 0.459 e. The summed E-state index contributed by atoms with van der Waals surface area (Å²) in [7, 11) is 1.85. The molecular weight excluding hydrogens is 484 g/mol. The maximum Gasteiger partial charge on any atom is 0.338 e. The highest BCUT2D eigenvalue weighted by Crippen LogP contribution is 2.66. The highest BCUT2D eigenvalue weighted by atomic mass is 16.5. The van der Waals surface area contributed by atoms with Gasteiger partial charge in [0.2, 0.25) is 0 Å². The molecule has 1 aromatic carbocycles. The molecule has 39 heavy (non-hydrogen) atoms. The van der Waals surface area contributed by atoms with E-state index in [4.69, 9.17) is 9.47 Å². The summed E-state index contributed by atoms with van der Waals surface area (Å²) < 4.78 is 12.3. The van der Waals surface area contributed by atoms with Crippen LogP contribution in [0.25, 0.3) is 0 Å². The summed E-state index contributed by atoms with van der Waals surface area (Å²) in [6.45, 7) is 12.0. The molecule has 3 saturated carbocycles. The van der Waals surface area contributed by atoms with Crippen molar-refractivity contribution in [3.05, 3.63) is 47.0 Å². The minimum absolute atomic E-state index is 0.0375. The van der Waals surface area contributed by atoms with E-state index in [0.717, 1.165) is 44.4 Å². The van der Waals surface area contributed by atoms with Crippen LogP contribution < -0.4 is 0 Å². The third-order valence-corrected chi connectivity index (χ3v) is 11.7. The molecule has 0 heterocycles. The van der Waals surface area contributed by atoms with Crippen LogP contribution in [0.15, 0.2) is 41.5 Å². The van der Waals surface area contributed by atoms with Gasteiger partial charge in [0.1, 0.15) is 6.10 Å². The molecule has 1 aromatic rings. The van der Waals surface area contributed by atoms with Gasteiger partial charge < -0.3 is 14.6 Å². The highest BCUT2D eigenvalue weighted by Gasteiger charge is 2.60. The lowest BCUT2D eigenvalue weighted by Gasteiger charge is -2.58. The Labute approximate surface area is 236 Å². The highest BCUT2D eigenvalue weighted by molar-refractivity contribution is 5.89. The molecule has 4 aliphatic rings. The van der Waals surface area contributed by atoms with Crippen molar-refractivity contribution >= 4 is 5.97 Å². The van der Waals surface area contributed by atoms with Crippen LogP contribution in [-0.4, -0.2) is 36.5 Å². The molecule has 216 valence electrons. The first-order chi connectivity index (χ1) is 18.6.